The van der Waals surface area contributed by atoms with E-state index < -0.39 is 0 Å². The van der Waals surface area contributed by atoms with E-state index in [1.165, 1.54) is 6.07 Å². The topological polar surface area (TPSA) is 46.9 Å². The number of rotatable bonds is 7. The maximum Gasteiger partial charge on any atom is 0.119 e. The van der Waals surface area contributed by atoms with Gasteiger partial charge in [-0.1, -0.05) is 13.8 Å². The van der Waals surface area contributed by atoms with Gasteiger partial charge >= 0.3 is 0 Å². The summed E-state index contributed by atoms with van der Waals surface area (Å²) in [5.74, 6) is 0.804. The standard InChI is InChI=1S/C16H28N2O2/c1-12(2)11-18(7-6-17(4)5)13(3)14-8-15(19)10-16(20)9-14/h8-10,12-13,19-20H,6-7,11H2,1-5H3. The molecular weight excluding hydrogens is 252 g/mol. The van der Waals surface area contributed by atoms with Crippen LogP contribution >= 0.6 is 0 Å². The molecule has 0 aliphatic rings. The summed E-state index contributed by atoms with van der Waals surface area (Å²) in [6, 6.07) is 4.99. The lowest BCUT2D eigenvalue weighted by Gasteiger charge is -2.32. The van der Waals surface area contributed by atoms with Crippen molar-refractivity contribution in [3.8, 4) is 11.5 Å². The molecule has 1 atom stereocenters. The van der Waals surface area contributed by atoms with Crippen LogP contribution in [0.1, 0.15) is 32.4 Å². The molecule has 0 aromatic heterocycles. The van der Waals surface area contributed by atoms with E-state index >= 15 is 0 Å². The van der Waals surface area contributed by atoms with Gasteiger partial charge in [-0.2, -0.15) is 0 Å². The maximum atomic E-state index is 9.64. The Kier molecular flexibility index (Phi) is 6.30. The van der Waals surface area contributed by atoms with Crippen LogP contribution in [0.25, 0.3) is 0 Å². The van der Waals surface area contributed by atoms with Crippen molar-refractivity contribution in [2.24, 2.45) is 5.92 Å². The fourth-order valence-corrected chi connectivity index (χ4v) is 2.31. The Bertz CT molecular complexity index is 399. The minimum absolute atomic E-state index is 0.115. The predicted molar refractivity (Wildman–Crippen MR) is 83.2 cm³/mol. The summed E-state index contributed by atoms with van der Waals surface area (Å²) < 4.78 is 0. The first-order valence-electron chi connectivity index (χ1n) is 7.21. The summed E-state index contributed by atoms with van der Waals surface area (Å²) in [5.41, 5.74) is 0.946. The summed E-state index contributed by atoms with van der Waals surface area (Å²) in [5, 5.41) is 19.3. The van der Waals surface area contributed by atoms with E-state index in [1.807, 2.05) is 0 Å². The fourth-order valence-electron chi connectivity index (χ4n) is 2.31. The third-order valence-corrected chi connectivity index (χ3v) is 3.39. The van der Waals surface area contributed by atoms with Crippen molar-refractivity contribution >= 4 is 0 Å². The molecule has 0 bridgehead atoms. The number of benzene rings is 1. The molecule has 0 saturated carbocycles. The number of phenols is 2. The molecule has 0 saturated heterocycles. The molecule has 4 heteroatoms. The number of likely N-dealkylation sites (N-methyl/N-ethyl adjacent to an activating group) is 1. The van der Waals surface area contributed by atoms with Gasteiger partial charge in [0.2, 0.25) is 0 Å². The third kappa shape index (κ3) is 5.39. The number of hydrogen-bond donors (Lipinski definition) is 2. The lowest BCUT2D eigenvalue weighted by atomic mass is 10.0. The Labute approximate surface area is 122 Å². The summed E-state index contributed by atoms with van der Waals surface area (Å²) in [4.78, 5) is 4.55. The monoisotopic (exact) mass is 280 g/mol. The number of nitrogens with zero attached hydrogens (tertiary/aromatic N) is 2. The predicted octanol–water partition coefficient (Wildman–Crippen LogP) is 2.68. The Morgan fingerprint density at radius 2 is 1.50 bits per heavy atom. The average molecular weight is 280 g/mol. The molecule has 0 spiro atoms. The smallest absolute Gasteiger partial charge is 0.119 e. The van der Waals surface area contributed by atoms with Gasteiger partial charge in [-0.25, -0.2) is 0 Å². The molecule has 0 aliphatic heterocycles. The zero-order chi connectivity index (χ0) is 15.3. The van der Waals surface area contributed by atoms with Gasteiger partial charge in [-0.3, -0.25) is 4.90 Å². The molecule has 0 amide bonds. The second-order valence-corrected chi connectivity index (χ2v) is 6.15. The molecule has 1 aromatic rings. The van der Waals surface area contributed by atoms with Crippen LogP contribution in [0.3, 0.4) is 0 Å². The highest BCUT2D eigenvalue weighted by atomic mass is 16.3. The Hall–Kier alpha value is -1.26. The molecule has 2 N–H and O–H groups in total. The van der Waals surface area contributed by atoms with Crippen molar-refractivity contribution in [3.05, 3.63) is 23.8 Å². The highest BCUT2D eigenvalue weighted by molar-refractivity contribution is 5.38. The Morgan fingerprint density at radius 1 is 0.950 bits per heavy atom. The van der Waals surface area contributed by atoms with E-state index in [0.29, 0.717) is 5.92 Å². The molecule has 0 radical (unpaired) electrons. The van der Waals surface area contributed by atoms with E-state index in [9.17, 15) is 10.2 Å². The molecular formula is C16H28N2O2. The molecule has 1 rings (SSSR count). The number of aromatic hydroxyl groups is 2. The van der Waals surface area contributed by atoms with E-state index in [1.54, 1.807) is 12.1 Å². The van der Waals surface area contributed by atoms with Crippen molar-refractivity contribution in [1.82, 2.24) is 9.80 Å². The molecule has 20 heavy (non-hydrogen) atoms. The van der Waals surface area contributed by atoms with Crippen molar-refractivity contribution in [1.29, 1.82) is 0 Å². The SMILES string of the molecule is CC(C)CN(CCN(C)C)C(C)c1cc(O)cc(O)c1. The van der Waals surface area contributed by atoms with Gasteiger partial charge in [-0.15, -0.1) is 0 Å². The van der Waals surface area contributed by atoms with Crippen molar-refractivity contribution < 1.29 is 10.2 Å². The van der Waals surface area contributed by atoms with Crippen LogP contribution in [0.15, 0.2) is 18.2 Å². The van der Waals surface area contributed by atoms with Crippen LogP contribution in [0.5, 0.6) is 11.5 Å². The molecule has 1 unspecified atom stereocenters. The van der Waals surface area contributed by atoms with E-state index in [4.69, 9.17) is 0 Å². The Balaban J connectivity index is 2.87. The van der Waals surface area contributed by atoms with Crippen molar-refractivity contribution in [3.63, 3.8) is 0 Å². The van der Waals surface area contributed by atoms with Gasteiger partial charge in [0.05, 0.1) is 0 Å². The van der Waals surface area contributed by atoms with Crippen LogP contribution in [0, 0.1) is 5.92 Å². The van der Waals surface area contributed by atoms with Crippen LogP contribution in [0.2, 0.25) is 0 Å². The van der Waals surface area contributed by atoms with Crippen molar-refractivity contribution in [2.75, 3.05) is 33.7 Å². The van der Waals surface area contributed by atoms with Gasteiger partial charge in [0.15, 0.2) is 0 Å². The minimum Gasteiger partial charge on any atom is -0.508 e. The fraction of sp³-hybridized carbons (Fsp3) is 0.625. The first-order valence-corrected chi connectivity index (χ1v) is 7.21. The lowest BCUT2D eigenvalue weighted by molar-refractivity contribution is 0.170. The van der Waals surface area contributed by atoms with Crippen LogP contribution in [-0.4, -0.2) is 53.7 Å². The average Bonchev–Trinajstić information content (AvgIpc) is 2.31. The second-order valence-electron chi connectivity index (χ2n) is 6.15. The van der Waals surface area contributed by atoms with Gasteiger partial charge in [0, 0.05) is 31.7 Å². The molecule has 0 aliphatic carbocycles. The van der Waals surface area contributed by atoms with Gasteiger partial charge in [0.1, 0.15) is 11.5 Å². The van der Waals surface area contributed by atoms with Crippen LogP contribution in [0.4, 0.5) is 0 Å². The minimum atomic E-state index is 0.115. The quantitative estimate of drug-likeness (QED) is 0.806. The summed E-state index contributed by atoms with van der Waals surface area (Å²) in [6.07, 6.45) is 0. The number of hydrogen-bond acceptors (Lipinski definition) is 4. The lowest BCUT2D eigenvalue weighted by Crippen LogP contribution is -2.36. The zero-order valence-corrected chi connectivity index (χ0v) is 13.3. The number of phenolic OH excluding ortho intramolecular Hbond substituents is 2. The van der Waals surface area contributed by atoms with E-state index in [-0.39, 0.29) is 17.5 Å². The largest absolute Gasteiger partial charge is 0.508 e. The normalized spacial score (nSPS) is 13.4. The summed E-state index contributed by atoms with van der Waals surface area (Å²) >= 11 is 0. The summed E-state index contributed by atoms with van der Waals surface area (Å²) in [6.45, 7) is 9.47. The second kappa shape index (κ2) is 7.50. The van der Waals surface area contributed by atoms with Gasteiger partial charge < -0.3 is 15.1 Å². The zero-order valence-electron chi connectivity index (χ0n) is 13.3. The van der Waals surface area contributed by atoms with E-state index in [2.05, 4.69) is 44.7 Å². The molecule has 1 aromatic carbocycles. The molecule has 114 valence electrons. The Morgan fingerprint density at radius 3 is 1.95 bits per heavy atom. The maximum absolute atomic E-state index is 9.64. The highest BCUT2D eigenvalue weighted by Gasteiger charge is 2.18. The van der Waals surface area contributed by atoms with Crippen LogP contribution in [-0.2, 0) is 0 Å². The van der Waals surface area contributed by atoms with Crippen molar-refractivity contribution in [2.45, 2.75) is 26.8 Å². The third-order valence-electron chi connectivity index (χ3n) is 3.39. The van der Waals surface area contributed by atoms with E-state index in [0.717, 1.165) is 25.2 Å². The van der Waals surface area contributed by atoms with Gasteiger partial charge in [-0.05, 0) is 44.6 Å². The molecule has 0 fully saturated rings. The first-order chi connectivity index (χ1) is 9.29. The van der Waals surface area contributed by atoms with Crippen LogP contribution < -0.4 is 0 Å². The first kappa shape index (κ1) is 16.8. The summed E-state index contributed by atoms with van der Waals surface area (Å²) in [7, 11) is 4.14. The molecule has 4 nitrogen and oxygen atoms in total. The highest BCUT2D eigenvalue weighted by Crippen LogP contribution is 2.28. The molecule has 0 heterocycles. The van der Waals surface area contributed by atoms with Gasteiger partial charge in [0.25, 0.3) is 0 Å².